The Labute approximate surface area is 220 Å². The van der Waals surface area contributed by atoms with E-state index >= 15 is 0 Å². The molecule has 17 heteroatoms. The van der Waals surface area contributed by atoms with Crippen LogP contribution in [0.1, 0.15) is 20.7 Å². The van der Waals surface area contributed by atoms with Crippen molar-refractivity contribution in [2.24, 2.45) is 0 Å². The van der Waals surface area contributed by atoms with Gasteiger partial charge < -0.3 is 19.8 Å². The van der Waals surface area contributed by atoms with Crippen LogP contribution in [0.25, 0.3) is 0 Å². The normalized spacial score (nSPS) is 11.7. The molecule has 12 nitrogen and oxygen atoms in total. The summed E-state index contributed by atoms with van der Waals surface area (Å²) in [6, 6.07) is 2.88. The van der Waals surface area contributed by atoms with E-state index in [9.17, 15) is 45.1 Å². The molecule has 0 atom stereocenters. The standard InChI is InChI=1S/C14H10O12S3.2Na/c15-13(16)9-3-1-7(5-11(9)28(21,22)23)27(19,20)8-2-4-10(14(17)18)12(6-8)29(24,25)26;;/h1-6H,(H,15,16)(H,17,18)(H,21,22,23)(H,24,25,26);;/q;2*+1/p-2. The van der Waals surface area contributed by atoms with Crippen molar-refractivity contribution in [3.05, 3.63) is 47.5 Å². The predicted molar refractivity (Wildman–Crippen MR) is 86.6 cm³/mol. The van der Waals surface area contributed by atoms with Crippen LogP contribution in [-0.2, 0) is 30.1 Å². The fourth-order valence-corrected chi connectivity index (χ4v) is 5.11. The maximum absolute atomic E-state index is 12.7. The Morgan fingerprint density at radius 1 is 0.645 bits per heavy atom. The second-order valence-corrected chi connectivity index (χ2v) is 10.1. The molecule has 2 aromatic rings. The van der Waals surface area contributed by atoms with Crippen LogP contribution >= 0.6 is 0 Å². The van der Waals surface area contributed by atoms with Crippen molar-refractivity contribution in [1.82, 2.24) is 0 Å². The summed E-state index contributed by atoms with van der Waals surface area (Å²) in [7, 11) is -15.2. The molecule has 2 rings (SSSR count). The maximum Gasteiger partial charge on any atom is 1.00 e. The fourth-order valence-electron chi connectivity index (χ4n) is 2.24. The molecule has 0 aliphatic heterocycles. The topological polar surface area (TPSA) is 223 Å². The zero-order chi connectivity index (χ0) is 22.4. The molecule has 0 amide bonds. The number of aromatic carboxylic acids is 2. The molecule has 2 aromatic carbocycles. The first-order valence-corrected chi connectivity index (χ1v) is 11.3. The van der Waals surface area contributed by atoms with Crippen LogP contribution in [0.3, 0.4) is 0 Å². The van der Waals surface area contributed by atoms with Crippen molar-refractivity contribution in [3.8, 4) is 0 Å². The van der Waals surface area contributed by atoms with Gasteiger partial charge in [0.05, 0.1) is 21.7 Å². The number of benzene rings is 2. The predicted octanol–water partition coefficient (Wildman–Crippen LogP) is -8.25. The Bertz CT molecular complexity index is 1260. The first-order valence-electron chi connectivity index (χ1n) is 6.97. The molecule has 0 aliphatic rings. The second kappa shape index (κ2) is 10.4. The van der Waals surface area contributed by atoms with E-state index in [0.717, 1.165) is 0 Å². The summed E-state index contributed by atoms with van der Waals surface area (Å²) < 4.78 is 89.1. The van der Waals surface area contributed by atoms with Gasteiger partial charge in [-0.05, 0) is 24.3 Å². The van der Waals surface area contributed by atoms with Crippen LogP contribution in [0, 0.1) is 0 Å². The van der Waals surface area contributed by atoms with Gasteiger partial charge in [0.25, 0.3) is 20.2 Å². The molecule has 0 radical (unpaired) electrons. The zero-order valence-electron chi connectivity index (χ0n) is 15.7. The van der Waals surface area contributed by atoms with Crippen molar-refractivity contribution in [1.29, 1.82) is 0 Å². The summed E-state index contributed by atoms with van der Waals surface area (Å²) in [5.41, 5.74) is -2.09. The molecule has 0 spiro atoms. The van der Waals surface area contributed by atoms with Crippen molar-refractivity contribution < 1.29 is 113 Å². The van der Waals surface area contributed by atoms with Gasteiger partial charge in [-0.25, -0.2) is 8.42 Å². The first-order chi connectivity index (χ1) is 13.1. The largest absolute Gasteiger partial charge is 1.00 e. The molecule has 0 unspecified atom stereocenters. The monoisotopic (exact) mass is 510 g/mol. The van der Waals surface area contributed by atoms with E-state index in [2.05, 4.69) is 0 Å². The third kappa shape index (κ3) is 6.58. The van der Waals surface area contributed by atoms with Crippen molar-refractivity contribution in [2.45, 2.75) is 19.6 Å². The van der Waals surface area contributed by atoms with Gasteiger partial charge in [-0.1, -0.05) is 12.1 Å². The van der Waals surface area contributed by atoms with Gasteiger partial charge in [0.15, 0.2) is 0 Å². The van der Waals surface area contributed by atoms with E-state index in [1.165, 1.54) is 0 Å². The summed E-state index contributed by atoms with van der Waals surface area (Å²) >= 11 is 0. The van der Waals surface area contributed by atoms with Crippen molar-refractivity contribution in [2.75, 3.05) is 0 Å². The Kier molecular flexibility index (Phi) is 10.1. The third-order valence-electron chi connectivity index (χ3n) is 3.52. The Hall–Kier alpha value is -0.850. The Morgan fingerprint density at radius 2 is 0.935 bits per heavy atom. The van der Waals surface area contributed by atoms with Crippen molar-refractivity contribution >= 4 is 42.0 Å². The quantitative estimate of drug-likeness (QED) is 0.273. The molecule has 0 bridgehead atoms. The molecule has 2 N–H and O–H groups in total. The molecule has 0 aromatic heterocycles. The van der Waals surface area contributed by atoms with Crippen LogP contribution in [0.15, 0.2) is 56.0 Å². The molecule has 0 heterocycles. The molecule has 156 valence electrons. The van der Waals surface area contributed by atoms with E-state index < -0.39 is 72.7 Å². The van der Waals surface area contributed by atoms with Crippen LogP contribution < -0.4 is 69.3 Å². The third-order valence-corrected chi connectivity index (χ3v) is 7.06. The Morgan fingerprint density at radius 3 is 1.16 bits per heavy atom. The molecule has 0 aliphatic carbocycles. The first kappa shape index (κ1) is 30.1. The minimum Gasteiger partial charge on any atom is -0.545 e. The summed E-state index contributed by atoms with van der Waals surface area (Å²) in [4.78, 5) is 17.5. The number of rotatable bonds is 6. The number of hydrogen-bond acceptors (Lipinski definition) is 10. The van der Waals surface area contributed by atoms with E-state index in [4.69, 9.17) is 9.11 Å². The van der Waals surface area contributed by atoms with Gasteiger partial charge in [0.2, 0.25) is 9.84 Å². The van der Waals surface area contributed by atoms with E-state index in [1.807, 2.05) is 0 Å². The van der Waals surface area contributed by atoms with E-state index in [-0.39, 0.29) is 71.2 Å². The summed E-state index contributed by atoms with van der Waals surface area (Å²) in [6.45, 7) is 0. The number of sulfone groups is 1. The molecule has 0 saturated heterocycles. The number of hydrogen-bond donors (Lipinski definition) is 2. The average molecular weight is 510 g/mol. The number of carbonyl (C=O) groups excluding carboxylic acids is 2. The fraction of sp³-hybridized carbons (Fsp3) is 0. The Balaban J connectivity index is 0.00000450. The second-order valence-electron chi connectivity index (χ2n) is 5.34. The van der Waals surface area contributed by atoms with Gasteiger partial charge in [0, 0.05) is 11.1 Å². The number of carboxylic acids is 2. The summed E-state index contributed by atoms with van der Waals surface area (Å²) in [6.07, 6.45) is 0. The van der Waals surface area contributed by atoms with Gasteiger partial charge in [-0.2, -0.15) is 16.8 Å². The average Bonchev–Trinajstić information content (AvgIpc) is 2.58. The van der Waals surface area contributed by atoms with Gasteiger partial charge in [-0.3, -0.25) is 9.11 Å². The van der Waals surface area contributed by atoms with Gasteiger partial charge >= 0.3 is 59.1 Å². The van der Waals surface area contributed by atoms with Crippen LogP contribution in [0.4, 0.5) is 0 Å². The van der Waals surface area contributed by atoms with E-state index in [1.54, 1.807) is 0 Å². The van der Waals surface area contributed by atoms with Crippen LogP contribution in [-0.4, -0.2) is 46.3 Å². The molecular formula is C14H8Na2O12S3. The van der Waals surface area contributed by atoms with Crippen LogP contribution in [0.2, 0.25) is 0 Å². The summed E-state index contributed by atoms with van der Waals surface area (Å²) in [5.74, 6) is -4.07. The number of carboxylic acid groups (broad SMARTS) is 2. The minimum atomic E-state index is -5.20. The zero-order valence-corrected chi connectivity index (χ0v) is 22.1. The van der Waals surface area contributed by atoms with Gasteiger partial charge in [0.1, 0.15) is 9.79 Å². The smallest absolute Gasteiger partial charge is 0.545 e. The van der Waals surface area contributed by atoms with Crippen molar-refractivity contribution in [3.63, 3.8) is 0 Å². The van der Waals surface area contributed by atoms with E-state index in [0.29, 0.717) is 24.3 Å². The molecular weight excluding hydrogens is 502 g/mol. The molecule has 0 fully saturated rings. The van der Waals surface area contributed by atoms with Crippen LogP contribution in [0.5, 0.6) is 0 Å². The molecule has 0 saturated carbocycles. The molecule has 31 heavy (non-hydrogen) atoms. The maximum atomic E-state index is 12.7. The minimum absolute atomic E-state index is 0. The SMILES string of the molecule is O=C([O-])c1ccc(S(=O)(=O)c2ccc(C(=O)[O-])c(S(=O)(=O)O)c2)cc1S(=O)(=O)O.[Na+].[Na+]. The summed E-state index contributed by atoms with van der Waals surface area (Å²) in [5, 5.41) is 21.9. The number of carbonyl (C=O) groups is 2. The van der Waals surface area contributed by atoms with Gasteiger partial charge in [-0.15, -0.1) is 0 Å².